The molecule has 0 aromatic heterocycles. The summed E-state index contributed by atoms with van der Waals surface area (Å²) in [5.74, 6) is 1.95. The molecule has 0 N–H and O–H groups in total. The highest BCUT2D eigenvalue weighted by Crippen LogP contribution is 2.34. The summed E-state index contributed by atoms with van der Waals surface area (Å²) in [6, 6.07) is 5.63. The van der Waals surface area contributed by atoms with Crippen LogP contribution in [-0.2, 0) is 9.53 Å². The maximum atomic E-state index is 11.6. The number of amides is 1. The molecule has 17 heavy (non-hydrogen) atoms. The van der Waals surface area contributed by atoms with Crippen molar-refractivity contribution in [3.05, 3.63) is 29.3 Å². The van der Waals surface area contributed by atoms with Crippen LogP contribution in [0.15, 0.2) is 18.2 Å². The summed E-state index contributed by atoms with van der Waals surface area (Å²) in [4.78, 5) is 24.0. The summed E-state index contributed by atoms with van der Waals surface area (Å²) >= 11 is 0. The summed E-state index contributed by atoms with van der Waals surface area (Å²) in [5.41, 5.74) is 3.15. The van der Waals surface area contributed by atoms with E-state index >= 15 is 0 Å². The van der Waals surface area contributed by atoms with Crippen LogP contribution in [0.1, 0.15) is 17.5 Å². The van der Waals surface area contributed by atoms with E-state index in [2.05, 4.69) is 0 Å². The normalized spacial score (nSPS) is 14.0. The molecule has 0 bridgehead atoms. The quantitative estimate of drug-likeness (QED) is 0.643. The molecule has 0 atom stereocenters. The molecule has 0 aliphatic carbocycles. The SMILES string of the molecule is COC(=O)N1CCC(=C=O)c2cc(C)ccc21. The van der Waals surface area contributed by atoms with Crippen molar-refractivity contribution in [2.24, 2.45) is 0 Å². The maximum Gasteiger partial charge on any atom is 0.414 e. The monoisotopic (exact) mass is 231 g/mol. The van der Waals surface area contributed by atoms with Crippen LogP contribution in [0.5, 0.6) is 0 Å². The fraction of sp³-hybridized carbons (Fsp3) is 0.308. The zero-order valence-corrected chi connectivity index (χ0v) is 9.82. The molecule has 2 rings (SSSR count). The van der Waals surface area contributed by atoms with Gasteiger partial charge in [-0.05, 0) is 19.1 Å². The van der Waals surface area contributed by atoms with Crippen LogP contribution in [0.3, 0.4) is 0 Å². The molecule has 4 heteroatoms. The molecule has 0 spiro atoms. The Hall–Kier alpha value is -2.06. The number of fused-ring (bicyclic) bond motifs is 1. The van der Waals surface area contributed by atoms with Gasteiger partial charge < -0.3 is 4.74 Å². The molecule has 0 radical (unpaired) electrons. The van der Waals surface area contributed by atoms with E-state index in [1.807, 2.05) is 31.1 Å². The van der Waals surface area contributed by atoms with Gasteiger partial charge in [-0.3, -0.25) is 4.90 Å². The number of methoxy groups -OCH3 is 1. The molecule has 1 amide bonds. The van der Waals surface area contributed by atoms with Crippen molar-refractivity contribution in [2.45, 2.75) is 13.3 Å². The van der Waals surface area contributed by atoms with Crippen molar-refractivity contribution < 1.29 is 14.3 Å². The van der Waals surface area contributed by atoms with Gasteiger partial charge in [0.1, 0.15) is 5.94 Å². The van der Waals surface area contributed by atoms with E-state index in [9.17, 15) is 9.59 Å². The van der Waals surface area contributed by atoms with E-state index in [-0.39, 0.29) is 0 Å². The molecular weight excluding hydrogens is 218 g/mol. The van der Waals surface area contributed by atoms with Gasteiger partial charge in [-0.1, -0.05) is 11.6 Å². The van der Waals surface area contributed by atoms with Crippen LogP contribution in [0.2, 0.25) is 0 Å². The van der Waals surface area contributed by atoms with Gasteiger partial charge in [0.2, 0.25) is 0 Å². The van der Waals surface area contributed by atoms with Gasteiger partial charge in [0, 0.05) is 24.1 Å². The summed E-state index contributed by atoms with van der Waals surface area (Å²) in [6.07, 6.45) is 0.106. The highest BCUT2D eigenvalue weighted by atomic mass is 16.5. The number of rotatable bonds is 0. The number of anilines is 1. The third kappa shape index (κ3) is 1.95. The lowest BCUT2D eigenvalue weighted by atomic mass is 9.95. The standard InChI is InChI=1S/C13H13NO3/c1-9-3-4-12-11(7-9)10(8-15)5-6-14(12)13(16)17-2/h3-4,7H,5-6H2,1-2H3. The summed E-state index contributed by atoms with van der Waals surface area (Å²) < 4.78 is 4.72. The fourth-order valence-electron chi connectivity index (χ4n) is 2.01. The second kappa shape index (κ2) is 4.44. The Kier molecular flexibility index (Phi) is 2.98. The van der Waals surface area contributed by atoms with Gasteiger partial charge >= 0.3 is 6.09 Å². The van der Waals surface area contributed by atoms with Crippen molar-refractivity contribution in [1.29, 1.82) is 0 Å². The van der Waals surface area contributed by atoms with E-state index in [0.717, 1.165) is 11.1 Å². The Bertz CT molecular complexity index is 515. The number of carbonyl (C=O) groups is 1. The second-order valence-electron chi connectivity index (χ2n) is 3.97. The van der Waals surface area contributed by atoms with Crippen LogP contribution in [0.25, 0.3) is 5.57 Å². The van der Waals surface area contributed by atoms with Gasteiger partial charge in [-0.25, -0.2) is 9.59 Å². The minimum absolute atomic E-state index is 0.403. The maximum absolute atomic E-state index is 11.6. The number of nitrogens with zero attached hydrogens (tertiary/aromatic N) is 1. The fourth-order valence-corrected chi connectivity index (χ4v) is 2.01. The Morgan fingerprint density at radius 1 is 1.47 bits per heavy atom. The number of hydrogen-bond acceptors (Lipinski definition) is 3. The number of carbonyl (C=O) groups excluding carboxylic acids is 2. The largest absolute Gasteiger partial charge is 0.452 e. The first kappa shape index (κ1) is 11.4. The first-order chi connectivity index (χ1) is 8.17. The molecule has 0 saturated heterocycles. The molecule has 1 aromatic rings. The highest BCUT2D eigenvalue weighted by Gasteiger charge is 2.26. The molecule has 0 saturated carbocycles. The van der Waals surface area contributed by atoms with Gasteiger partial charge in [-0.2, -0.15) is 0 Å². The molecule has 1 aromatic carbocycles. The number of benzene rings is 1. The first-order valence-corrected chi connectivity index (χ1v) is 5.38. The summed E-state index contributed by atoms with van der Waals surface area (Å²) in [7, 11) is 1.35. The summed E-state index contributed by atoms with van der Waals surface area (Å²) in [6.45, 7) is 2.40. The zero-order valence-electron chi connectivity index (χ0n) is 9.82. The van der Waals surface area contributed by atoms with Crippen molar-refractivity contribution in [2.75, 3.05) is 18.6 Å². The number of ether oxygens (including phenoxy) is 1. The number of aryl methyl sites for hydroxylation is 1. The minimum atomic E-state index is -0.403. The van der Waals surface area contributed by atoms with Gasteiger partial charge in [0.15, 0.2) is 0 Å². The van der Waals surface area contributed by atoms with Crippen LogP contribution in [0.4, 0.5) is 10.5 Å². The van der Waals surface area contributed by atoms with E-state index in [4.69, 9.17) is 4.74 Å². The Morgan fingerprint density at radius 2 is 2.24 bits per heavy atom. The first-order valence-electron chi connectivity index (χ1n) is 5.38. The third-order valence-corrected chi connectivity index (χ3v) is 2.87. The van der Waals surface area contributed by atoms with Crippen LogP contribution >= 0.6 is 0 Å². The van der Waals surface area contributed by atoms with Gasteiger partial charge in [-0.15, -0.1) is 0 Å². The molecule has 0 unspecified atom stereocenters. The van der Waals surface area contributed by atoms with Crippen LogP contribution in [0, 0.1) is 6.92 Å². The minimum Gasteiger partial charge on any atom is -0.452 e. The number of hydrogen-bond donors (Lipinski definition) is 0. The molecular formula is C13H13NO3. The molecule has 88 valence electrons. The lowest BCUT2D eigenvalue weighted by molar-refractivity contribution is 0.178. The highest BCUT2D eigenvalue weighted by molar-refractivity contribution is 6.00. The predicted octanol–water partition coefficient (Wildman–Crippen LogP) is 2.19. The Morgan fingerprint density at radius 3 is 2.88 bits per heavy atom. The van der Waals surface area contributed by atoms with E-state index in [0.29, 0.717) is 24.2 Å². The molecule has 4 nitrogen and oxygen atoms in total. The third-order valence-electron chi connectivity index (χ3n) is 2.87. The second-order valence-corrected chi connectivity index (χ2v) is 3.97. The Labute approximate surface area is 99.5 Å². The van der Waals surface area contributed by atoms with Crippen molar-refractivity contribution in [3.8, 4) is 0 Å². The Balaban J connectivity index is 2.55. The van der Waals surface area contributed by atoms with E-state index in [1.165, 1.54) is 12.0 Å². The predicted molar refractivity (Wildman–Crippen MR) is 64.6 cm³/mol. The zero-order chi connectivity index (χ0) is 12.4. The van der Waals surface area contributed by atoms with E-state index < -0.39 is 6.09 Å². The molecule has 1 heterocycles. The molecule has 0 fully saturated rings. The molecule has 1 aliphatic rings. The van der Waals surface area contributed by atoms with Crippen molar-refractivity contribution in [1.82, 2.24) is 0 Å². The average Bonchev–Trinajstić information content (AvgIpc) is 2.36. The van der Waals surface area contributed by atoms with Crippen LogP contribution < -0.4 is 4.90 Å². The molecule has 1 aliphatic heterocycles. The lowest BCUT2D eigenvalue weighted by Crippen LogP contribution is -2.35. The van der Waals surface area contributed by atoms with Crippen molar-refractivity contribution in [3.63, 3.8) is 0 Å². The topological polar surface area (TPSA) is 46.6 Å². The summed E-state index contributed by atoms with van der Waals surface area (Å²) in [5, 5.41) is 0. The smallest absolute Gasteiger partial charge is 0.414 e. The van der Waals surface area contributed by atoms with E-state index in [1.54, 1.807) is 0 Å². The lowest BCUT2D eigenvalue weighted by Gasteiger charge is -2.28. The van der Waals surface area contributed by atoms with Gasteiger partial charge in [0.05, 0.1) is 12.8 Å². The van der Waals surface area contributed by atoms with Crippen LogP contribution in [-0.4, -0.2) is 25.7 Å². The van der Waals surface area contributed by atoms with Gasteiger partial charge in [0.25, 0.3) is 0 Å². The van der Waals surface area contributed by atoms with Crippen molar-refractivity contribution >= 4 is 23.3 Å². The average molecular weight is 231 g/mol.